The van der Waals surface area contributed by atoms with Gasteiger partial charge in [-0.1, -0.05) is 12.1 Å². The van der Waals surface area contributed by atoms with Crippen molar-refractivity contribution in [1.82, 2.24) is 20.7 Å². The molecule has 0 spiro atoms. The SMILES string of the molecule is COC(=O)CN1CCN(CC2CNNC2c2ccc(F)cc2)C(C)C1=O. The molecule has 2 aliphatic rings. The van der Waals surface area contributed by atoms with Crippen LogP contribution in [0.4, 0.5) is 4.39 Å². The van der Waals surface area contributed by atoms with Crippen LogP contribution in [0, 0.1) is 11.7 Å². The van der Waals surface area contributed by atoms with Gasteiger partial charge in [-0.2, -0.15) is 0 Å². The maximum atomic E-state index is 13.2. The number of halogens is 1. The molecule has 2 N–H and O–H groups in total. The normalized spacial score (nSPS) is 27.0. The molecular weight excluding hydrogens is 339 g/mol. The monoisotopic (exact) mass is 364 g/mol. The summed E-state index contributed by atoms with van der Waals surface area (Å²) in [5.41, 5.74) is 7.43. The van der Waals surface area contributed by atoms with E-state index in [4.69, 9.17) is 0 Å². The van der Waals surface area contributed by atoms with E-state index in [-0.39, 0.29) is 36.3 Å². The third-order valence-corrected chi connectivity index (χ3v) is 5.21. The number of hydrogen-bond donors (Lipinski definition) is 2. The summed E-state index contributed by atoms with van der Waals surface area (Å²) in [6, 6.07) is 6.27. The van der Waals surface area contributed by atoms with Gasteiger partial charge in [0.2, 0.25) is 5.91 Å². The predicted octanol–water partition coefficient (Wildman–Crippen LogP) is 0.297. The number of hydrazine groups is 1. The van der Waals surface area contributed by atoms with Crippen LogP contribution in [0.1, 0.15) is 18.5 Å². The quantitative estimate of drug-likeness (QED) is 0.732. The number of piperazine rings is 1. The van der Waals surface area contributed by atoms with Gasteiger partial charge in [-0.25, -0.2) is 9.82 Å². The van der Waals surface area contributed by atoms with E-state index >= 15 is 0 Å². The van der Waals surface area contributed by atoms with Crippen molar-refractivity contribution in [3.8, 4) is 0 Å². The van der Waals surface area contributed by atoms with E-state index in [9.17, 15) is 14.0 Å². The summed E-state index contributed by atoms with van der Waals surface area (Å²) in [7, 11) is 1.32. The zero-order chi connectivity index (χ0) is 18.7. The molecule has 2 aliphatic heterocycles. The molecule has 3 unspecified atom stereocenters. The van der Waals surface area contributed by atoms with Gasteiger partial charge in [0, 0.05) is 32.1 Å². The smallest absolute Gasteiger partial charge is 0.325 e. The minimum atomic E-state index is -0.403. The van der Waals surface area contributed by atoms with E-state index in [1.807, 2.05) is 6.92 Å². The molecule has 8 heteroatoms. The molecule has 0 radical (unpaired) electrons. The predicted molar refractivity (Wildman–Crippen MR) is 93.4 cm³/mol. The fourth-order valence-electron chi connectivity index (χ4n) is 3.63. The Morgan fingerprint density at radius 3 is 2.73 bits per heavy atom. The number of benzene rings is 1. The molecule has 0 bridgehead atoms. The number of nitrogens with zero attached hydrogens (tertiary/aromatic N) is 2. The van der Waals surface area contributed by atoms with E-state index in [0.29, 0.717) is 13.1 Å². The van der Waals surface area contributed by atoms with E-state index in [2.05, 4.69) is 20.5 Å². The summed E-state index contributed by atoms with van der Waals surface area (Å²) in [6.45, 7) is 4.59. The van der Waals surface area contributed by atoms with Gasteiger partial charge in [-0.3, -0.25) is 19.9 Å². The molecule has 1 aromatic rings. The molecule has 0 aliphatic carbocycles. The summed E-state index contributed by atoms with van der Waals surface area (Å²) in [4.78, 5) is 27.7. The van der Waals surface area contributed by atoms with Gasteiger partial charge in [0.25, 0.3) is 0 Å². The summed E-state index contributed by atoms with van der Waals surface area (Å²) < 4.78 is 17.8. The van der Waals surface area contributed by atoms with Gasteiger partial charge in [0.15, 0.2) is 0 Å². The van der Waals surface area contributed by atoms with Crippen LogP contribution >= 0.6 is 0 Å². The number of hydrogen-bond acceptors (Lipinski definition) is 6. The van der Waals surface area contributed by atoms with Crippen molar-refractivity contribution in [2.45, 2.75) is 19.0 Å². The summed E-state index contributed by atoms with van der Waals surface area (Å²) in [5, 5.41) is 0. The highest BCUT2D eigenvalue weighted by molar-refractivity contribution is 5.86. The minimum Gasteiger partial charge on any atom is -0.468 e. The Morgan fingerprint density at radius 1 is 1.31 bits per heavy atom. The number of methoxy groups -OCH3 is 1. The minimum absolute atomic E-state index is 0.00173. The summed E-state index contributed by atoms with van der Waals surface area (Å²) in [6.07, 6.45) is 0. The first-order valence-corrected chi connectivity index (χ1v) is 8.83. The van der Waals surface area contributed by atoms with Crippen LogP contribution in [0.2, 0.25) is 0 Å². The standard InChI is InChI=1S/C18H25FN4O3/c1-12-18(25)23(11-16(24)26-2)8-7-22(12)10-14-9-20-21-17(14)13-3-5-15(19)6-4-13/h3-6,12,14,17,20-21H,7-11H2,1-2H3. The van der Waals surface area contributed by atoms with Gasteiger partial charge in [-0.15, -0.1) is 0 Å². The number of esters is 1. The Balaban J connectivity index is 1.62. The molecule has 26 heavy (non-hydrogen) atoms. The molecule has 0 aromatic heterocycles. The molecule has 0 saturated carbocycles. The third-order valence-electron chi connectivity index (χ3n) is 5.21. The molecule has 142 valence electrons. The first kappa shape index (κ1) is 18.8. The number of amides is 1. The Hall–Kier alpha value is -2.03. The van der Waals surface area contributed by atoms with Crippen molar-refractivity contribution in [1.29, 1.82) is 0 Å². The number of carbonyl (C=O) groups excluding carboxylic acids is 2. The Labute approximate surface area is 152 Å². The van der Waals surface area contributed by atoms with Gasteiger partial charge in [-0.05, 0) is 24.6 Å². The summed E-state index contributed by atoms with van der Waals surface area (Å²) in [5.74, 6) is -0.460. The molecule has 3 atom stereocenters. The topological polar surface area (TPSA) is 73.9 Å². The van der Waals surface area contributed by atoms with Gasteiger partial charge in [0.05, 0.1) is 19.2 Å². The largest absolute Gasteiger partial charge is 0.468 e. The number of nitrogens with one attached hydrogen (secondary N) is 2. The van der Waals surface area contributed by atoms with Crippen molar-refractivity contribution in [3.63, 3.8) is 0 Å². The molecule has 1 aromatic carbocycles. The number of ether oxygens (including phenoxy) is 1. The second-order valence-corrected chi connectivity index (χ2v) is 6.82. The van der Waals surface area contributed by atoms with Gasteiger partial charge < -0.3 is 9.64 Å². The fraction of sp³-hybridized carbons (Fsp3) is 0.556. The highest BCUT2D eigenvalue weighted by Gasteiger charge is 2.36. The fourth-order valence-corrected chi connectivity index (χ4v) is 3.63. The molecule has 2 fully saturated rings. The molecule has 7 nitrogen and oxygen atoms in total. The highest BCUT2D eigenvalue weighted by atomic mass is 19.1. The van der Waals surface area contributed by atoms with Crippen LogP contribution in [-0.2, 0) is 14.3 Å². The van der Waals surface area contributed by atoms with Crippen LogP contribution < -0.4 is 10.9 Å². The van der Waals surface area contributed by atoms with E-state index in [1.54, 1.807) is 17.0 Å². The van der Waals surface area contributed by atoms with Crippen molar-refractivity contribution >= 4 is 11.9 Å². The van der Waals surface area contributed by atoms with Crippen LogP contribution in [0.15, 0.2) is 24.3 Å². The van der Waals surface area contributed by atoms with Crippen LogP contribution in [0.25, 0.3) is 0 Å². The van der Waals surface area contributed by atoms with Crippen molar-refractivity contribution in [2.75, 3.05) is 39.8 Å². The van der Waals surface area contributed by atoms with Crippen molar-refractivity contribution in [2.24, 2.45) is 5.92 Å². The lowest BCUT2D eigenvalue weighted by molar-refractivity contribution is -0.151. The first-order valence-electron chi connectivity index (χ1n) is 8.83. The number of rotatable bonds is 5. The lowest BCUT2D eigenvalue weighted by Crippen LogP contribution is -2.58. The average Bonchev–Trinajstić information content (AvgIpc) is 3.10. The Morgan fingerprint density at radius 2 is 2.04 bits per heavy atom. The maximum Gasteiger partial charge on any atom is 0.325 e. The average molecular weight is 364 g/mol. The molecule has 1 amide bonds. The molecular formula is C18H25FN4O3. The molecule has 2 heterocycles. The second-order valence-electron chi connectivity index (χ2n) is 6.82. The Bertz CT molecular complexity index is 654. The zero-order valence-electron chi connectivity index (χ0n) is 15.1. The van der Waals surface area contributed by atoms with Crippen molar-refractivity contribution < 1.29 is 18.7 Å². The lowest BCUT2D eigenvalue weighted by atomic mass is 9.93. The summed E-state index contributed by atoms with van der Waals surface area (Å²) >= 11 is 0. The maximum absolute atomic E-state index is 13.2. The lowest BCUT2D eigenvalue weighted by Gasteiger charge is -2.40. The third kappa shape index (κ3) is 4.03. The highest BCUT2D eigenvalue weighted by Crippen LogP contribution is 2.27. The molecule has 3 rings (SSSR count). The van der Waals surface area contributed by atoms with E-state index in [0.717, 1.165) is 18.7 Å². The van der Waals surface area contributed by atoms with Crippen LogP contribution in [-0.4, -0.2) is 67.6 Å². The number of carbonyl (C=O) groups is 2. The van der Waals surface area contributed by atoms with Gasteiger partial charge >= 0.3 is 5.97 Å². The van der Waals surface area contributed by atoms with Crippen LogP contribution in [0.5, 0.6) is 0 Å². The van der Waals surface area contributed by atoms with Gasteiger partial charge in [0.1, 0.15) is 12.4 Å². The van der Waals surface area contributed by atoms with Crippen LogP contribution in [0.3, 0.4) is 0 Å². The molecule has 2 saturated heterocycles. The first-order chi connectivity index (χ1) is 12.5. The Kier molecular flexibility index (Phi) is 5.85. The van der Waals surface area contributed by atoms with Crippen molar-refractivity contribution in [3.05, 3.63) is 35.6 Å². The van der Waals surface area contributed by atoms with E-state index < -0.39 is 5.97 Å². The van der Waals surface area contributed by atoms with E-state index in [1.165, 1.54) is 19.2 Å². The zero-order valence-corrected chi connectivity index (χ0v) is 15.1. The second kappa shape index (κ2) is 8.11.